The van der Waals surface area contributed by atoms with Gasteiger partial charge in [-0.3, -0.25) is 4.98 Å². The third-order valence-electron chi connectivity index (χ3n) is 2.77. The van der Waals surface area contributed by atoms with E-state index in [1.54, 1.807) is 13.3 Å². The van der Waals surface area contributed by atoms with Gasteiger partial charge in [-0.15, -0.1) is 0 Å². The highest BCUT2D eigenvalue weighted by atomic mass is 79.9. The second-order valence-corrected chi connectivity index (χ2v) is 5.21. The Morgan fingerprint density at radius 1 is 1.20 bits per heavy atom. The van der Waals surface area contributed by atoms with E-state index in [1.807, 2.05) is 30.5 Å². The molecule has 0 fully saturated rings. The Kier molecular flexibility index (Phi) is 5.24. The number of ether oxygens (including phenoxy) is 1. The van der Waals surface area contributed by atoms with E-state index < -0.39 is 0 Å². The number of nitrogens with one attached hydrogen (secondary N) is 2. The minimum atomic E-state index is 0.809. The van der Waals surface area contributed by atoms with E-state index in [9.17, 15) is 0 Å². The van der Waals surface area contributed by atoms with Gasteiger partial charge in [0.1, 0.15) is 5.75 Å². The van der Waals surface area contributed by atoms with Crippen molar-refractivity contribution >= 4 is 33.0 Å². The molecule has 0 aliphatic carbocycles. The van der Waals surface area contributed by atoms with Gasteiger partial charge in [-0.2, -0.15) is 0 Å². The van der Waals surface area contributed by atoms with Gasteiger partial charge in [-0.05, 0) is 40.5 Å². The molecule has 2 aromatic rings. The number of aromatic nitrogens is 1. The lowest BCUT2D eigenvalue weighted by molar-refractivity contribution is 0.415. The Balaban J connectivity index is 2.17. The van der Waals surface area contributed by atoms with Crippen molar-refractivity contribution < 1.29 is 4.74 Å². The number of hydrogen-bond acceptors (Lipinski definition) is 4. The summed E-state index contributed by atoms with van der Waals surface area (Å²) in [5, 5.41) is 6.65. The van der Waals surface area contributed by atoms with Crippen molar-refractivity contribution in [3.8, 4) is 5.75 Å². The number of anilines is 3. The average Bonchev–Trinajstić information content (AvgIpc) is 2.48. The number of rotatable bonds is 6. The predicted octanol–water partition coefficient (Wildman–Crippen LogP) is 4.42. The molecule has 0 aliphatic rings. The summed E-state index contributed by atoms with van der Waals surface area (Å²) >= 11 is 3.52. The highest BCUT2D eigenvalue weighted by molar-refractivity contribution is 9.10. The fourth-order valence-corrected chi connectivity index (χ4v) is 2.10. The van der Waals surface area contributed by atoms with Gasteiger partial charge < -0.3 is 15.4 Å². The molecule has 2 N–H and O–H groups in total. The summed E-state index contributed by atoms with van der Waals surface area (Å²) in [6, 6.07) is 7.84. The zero-order valence-corrected chi connectivity index (χ0v) is 13.2. The average molecular weight is 336 g/mol. The van der Waals surface area contributed by atoms with Gasteiger partial charge in [0.15, 0.2) is 0 Å². The molecule has 0 amide bonds. The molecule has 0 unspecified atom stereocenters. The molecule has 0 aliphatic heterocycles. The third kappa shape index (κ3) is 3.87. The Hall–Kier alpha value is -1.75. The van der Waals surface area contributed by atoms with Gasteiger partial charge in [0, 0.05) is 17.1 Å². The predicted molar refractivity (Wildman–Crippen MR) is 87.0 cm³/mol. The van der Waals surface area contributed by atoms with Gasteiger partial charge >= 0.3 is 0 Å². The van der Waals surface area contributed by atoms with E-state index in [4.69, 9.17) is 4.74 Å². The first-order chi connectivity index (χ1) is 9.72. The van der Waals surface area contributed by atoms with Crippen LogP contribution in [0.4, 0.5) is 17.1 Å². The molecule has 1 aromatic heterocycles. The molecule has 5 heteroatoms. The van der Waals surface area contributed by atoms with Gasteiger partial charge in [0.2, 0.25) is 0 Å². The molecule has 20 heavy (non-hydrogen) atoms. The van der Waals surface area contributed by atoms with Crippen LogP contribution >= 0.6 is 15.9 Å². The number of benzene rings is 1. The number of halogens is 1. The van der Waals surface area contributed by atoms with Gasteiger partial charge in [-0.25, -0.2) is 0 Å². The topological polar surface area (TPSA) is 46.2 Å². The molecule has 0 bridgehead atoms. The molecule has 0 saturated carbocycles. The smallest absolute Gasteiger partial charge is 0.121 e. The van der Waals surface area contributed by atoms with E-state index in [1.165, 1.54) is 0 Å². The summed E-state index contributed by atoms with van der Waals surface area (Å²) < 4.78 is 6.21. The van der Waals surface area contributed by atoms with Crippen molar-refractivity contribution in [2.75, 3.05) is 24.3 Å². The van der Waals surface area contributed by atoms with E-state index in [-0.39, 0.29) is 0 Å². The highest BCUT2D eigenvalue weighted by Gasteiger charge is 2.03. The first-order valence-corrected chi connectivity index (χ1v) is 7.31. The fraction of sp³-hybridized carbons (Fsp3) is 0.267. The molecule has 1 aromatic carbocycles. The lowest BCUT2D eigenvalue weighted by Gasteiger charge is -2.11. The normalized spacial score (nSPS) is 10.2. The van der Waals surface area contributed by atoms with Crippen LogP contribution < -0.4 is 15.4 Å². The van der Waals surface area contributed by atoms with Crippen molar-refractivity contribution in [2.45, 2.75) is 13.3 Å². The Bertz CT molecular complexity index is 575. The second kappa shape index (κ2) is 7.14. The Labute approximate surface area is 127 Å². The van der Waals surface area contributed by atoms with Crippen molar-refractivity contribution in [1.82, 2.24) is 4.98 Å². The van der Waals surface area contributed by atoms with Crippen LogP contribution in [0.1, 0.15) is 13.3 Å². The maximum absolute atomic E-state index is 5.24. The van der Waals surface area contributed by atoms with E-state index in [2.05, 4.69) is 38.5 Å². The highest BCUT2D eigenvalue weighted by Crippen LogP contribution is 2.30. The van der Waals surface area contributed by atoms with Crippen molar-refractivity contribution in [1.29, 1.82) is 0 Å². The molecular formula is C15H18BrN3O. The fourth-order valence-electron chi connectivity index (χ4n) is 1.76. The Morgan fingerprint density at radius 3 is 2.75 bits per heavy atom. The third-order valence-corrected chi connectivity index (χ3v) is 3.46. The number of nitrogens with zero attached hydrogens (tertiary/aromatic N) is 1. The van der Waals surface area contributed by atoms with E-state index in [0.717, 1.165) is 40.2 Å². The number of methoxy groups -OCH3 is 1. The Morgan fingerprint density at radius 2 is 2.00 bits per heavy atom. The van der Waals surface area contributed by atoms with Gasteiger partial charge in [0.05, 0.1) is 36.6 Å². The van der Waals surface area contributed by atoms with Crippen LogP contribution in [0, 0.1) is 0 Å². The second-order valence-electron chi connectivity index (χ2n) is 4.36. The molecule has 0 saturated heterocycles. The van der Waals surface area contributed by atoms with Crippen LogP contribution in [0.5, 0.6) is 5.75 Å². The summed E-state index contributed by atoms with van der Waals surface area (Å²) in [5.74, 6) is 0.809. The van der Waals surface area contributed by atoms with E-state index >= 15 is 0 Å². The zero-order chi connectivity index (χ0) is 14.4. The standard InChI is InChI=1S/C15H18BrN3O/c1-3-6-18-11-7-12(10-17-9-11)19-15-8-13(20-2)4-5-14(15)16/h4-5,7-10,18-19H,3,6H2,1-2H3. The molecule has 0 spiro atoms. The summed E-state index contributed by atoms with van der Waals surface area (Å²) in [6.45, 7) is 3.07. The summed E-state index contributed by atoms with van der Waals surface area (Å²) in [6.07, 6.45) is 4.70. The molecule has 2 rings (SSSR count). The van der Waals surface area contributed by atoms with Crippen molar-refractivity contribution in [3.05, 3.63) is 41.1 Å². The molecule has 4 nitrogen and oxygen atoms in total. The molecule has 106 valence electrons. The molecule has 0 radical (unpaired) electrons. The monoisotopic (exact) mass is 335 g/mol. The number of pyridine rings is 1. The first-order valence-electron chi connectivity index (χ1n) is 6.52. The van der Waals surface area contributed by atoms with Crippen LogP contribution in [-0.4, -0.2) is 18.6 Å². The number of hydrogen-bond donors (Lipinski definition) is 2. The van der Waals surface area contributed by atoms with Crippen LogP contribution in [-0.2, 0) is 0 Å². The maximum atomic E-state index is 5.24. The SMILES string of the molecule is CCCNc1cncc(Nc2cc(OC)ccc2Br)c1. The lowest BCUT2D eigenvalue weighted by Crippen LogP contribution is -2.01. The quantitative estimate of drug-likeness (QED) is 0.820. The summed E-state index contributed by atoms with van der Waals surface area (Å²) in [7, 11) is 1.66. The minimum absolute atomic E-state index is 0.809. The summed E-state index contributed by atoms with van der Waals surface area (Å²) in [5.41, 5.74) is 2.88. The zero-order valence-electron chi connectivity index (χ0n) is 11.6. The lowest BCUT2D eigenvalue weighted by atomic mass is 10.2. The molecular weight excluding hydrogens is 318 g/mol. The van der Waals surface area contributed by atoms with Crippen LogP contribution in [0.3, 0.4) is 0 Å². The molecule has 0 atom stereocenters. The minimum Gasteiger partial charge on any atom is -0.497 e. The molecule has 1 heterocycles. The van der Waals surface area contributed by atoms with Crippen LogP contribution in [0.15, 0.2) is 41.1 Å². The van der Waals surface area contributed by atoms with Crippen LogP contribution in [0.25, 0.3) is 0 Å². The van der Waals surface area contributed by atoms with Crippen molar-refractivity contribution in [2.24, 2.45) is 0 Å². The van der Waals surface area contributed by atoms with E-state index in [0.29, 0.717) is 0 Å². The largest absolute Gasteiger partial charge is 0.497 e. The van der Waals surface area contributed by atoms with Crippen molar-refractivity contribution in [3.63, 3.8) is 0 Å². The van der Waals surface area contributed by atoms with Gasteiger partial charge in [-0.1, -0.05) is 6.92 Å². The maximum Gasteiger partial charge on any atom is 0.121 e. The first kappa shape index (κ1) is 14.7. The van der Waals surface area contributed by atoms with Gasteiger partial charge in [0.25, 0.3) is 0 Å². The van der Waals surface area contributed by atoms with Crippen LogP contribution in [0.2, 0.25) is 0 Å². The summed E-state index contributed by atoms with van der Waals surface area (Å²) in [4.78, 5) is 4.23.